The molecule has 0 atom stereocenters. The maximum Gasteiger partial charge on any atom is 0.239 e. The van der Waals surface area contributed by atoms with Crippen molar-refractivity contribution in [1.29, 1.82) is 0 Å². The highest BCUT2D eigenvalue weighted by Gasteiger charge is 1.96. The minimum absolute atomic E-state index is 0.298. The minimum Gasteiger partial charge on any atom is -0.367 e. The van der Waals surface area contributed by atoms with Crippen LogP contribution in [0, 0.1) is 0 Å². The van der Waals surface area contributed by atoms with Gasteiger partial charge in [-0.1, -0.05) is 0 Å². The van der Waals surface area contributed by atoms with Crippen LogP contribution >= 0.6 is 0 Å². The first-order valence-electron chi connectivity index (χ1n) is 3.19. The monoisotopic (exact) mass is 141 g/mol. The van der Waals surface area contributed by atoms with E-state index >= 15 is 0 Å². The average molecular weight is 141 g/mol. The zero-order valence-corrected chi connectivity index (χ0v) is 5.67. The molecule has 1 rings (SSSR count). The molecule has 56 valence electrons. The number of nitrogens with one attached hydrogen (secondary N) is 1. The van der Waals surface area contributed by atoms with Gasteiger partial charge in [-0.05, 0) is 13.0 Å². The Kier molecular flexibility index (Phi) is 2.22. The van der Waals surface area contributed by atoms with Crippen molar-refractivity contribution in [2.45, 2.75) is 12.8 Å². The highest BCUT2D eigenvalue weighted by Crippen LogP contribution is 1.95. The van der Waals surface area contributed by atoms with Gasteiger partial charge in [0, 0.05) is 6.42 Å². The maximum absolute atomic E-state index is 5.29. The number of rotatable bonds is 3. The van der Waals surface area contributed by atoms with E-state index in [-0.39, 0.29) is 0 Å². The van der Waals surface area contributed by atoms with Crippen molar-refractivity contribution >= 4 is 5.95 Å². The van der Waals surface area contributed by atoms with Gasteiger partial charge in [0.15, 0.2) is 0 Å². The summed E-state index contributed by atoms with van der Waals surface area (Å²) in [6.45, 7) is 0.667. The number of nitrogens with zero attached hydrogens (tertiary/aromatic N) is 2. The van der Waals surface area contributed by atoms with E-state index in [0.29, 0.717) is 12.5 Å². The van der Waals surface area contributed by atoms with E-state index in [1.54, 1.807) is 0 Å². The Morgan fingerprint density at radius 2 is 2.30 bits per heavy atom. The molecule has 5 heteroatoms. The SMILES string of the molecule is NCCCc1nc(N)n[nH]1. The number of aromatic nitrogens is 3. The Morgan fingerprint density at radius 3 is 2.80 bits per heavy atom. The summed E-state index contributed by atoms with van der Waals surface area (Å²) in [4.78, 5) is 3.90. The number of aromatic amines is 1. The molecule has 5 N–H and O–H groups in total. The molecular weight excluding hydrogens is 130 g/mol. The van der Waals surface area contributed by atoms with Crippen LogP contribution in [0.15, 0.2) is 0 Å². The zero-order chi connectivity index (χ0) is 7.40. The molecule has 1 aromatic heterocycles. The third-order valence-corrected chi connectivity index (χ3v) is 1.17. The number of anilines is 1. The molecule has 0 aliphatic heterocycles. The van der Waals surface area contributed by atoms with E-state index in [1.807, 2.05) is 0 Å². The fourth-order valence-electron chi connectivity index (χ4n) is 0.691. The second kappa shape index (κ2) is 3.17. The number of H-pyrrole nitrogens is 1. The van der Waals surface area contributed by atoms with Crippen LogP contribution in [-0.2, 0) is 6.42 Å². The molecule has 0 unspecified atom stereocenters. The van der Waals surface area contributed by atoms with Crippen LogP contribution in [0.5, 0.6) is 0 Å². The lowest BCUT2D eigenvalue weighted by Gasteiger charge is -1.89. The Bertz CT molecular complexity index is 194. The molecule has 0 aromatic carbocycles. The van der Waals surface area contributed by atoms with Crippen LogP contribution in [0.2, 0.25) is 0 Å². The van der Waals surface area contributed by atoms with E-state index < -0.39 is 0 Å². The summed E-state index contributed by atoms with van der Waals surface area (Å²) >= 11 is 0. The van der Waals surface area contributed by atoms with Gasteiger partial charge < -0.3 is 11.5 Å². The van der Waals surface area contributed by atoms with Gasteiger partial charge in [0.2, 0.25) is 5.95 Å². The van der Waals surface area contributed by atoms with E-state index in [2.05, 4.69) is 15.2 Å². The number of nitrogen functional groups attached to an aromatic ring is 1. The quantitative estimate of drug-likeness (QED) is 0.517. The molecule has 0 aliphatic rings. The molecule has 0 radical (unpaired) electrons. The predicted octanol–water partition coefficient (Wildman–Crippen LogP) is -0.722. The van der Waals surface area contributed by atoms with Crippen molar-refractivity contribution < 1.29 is 0 Å². The zero-order valence-electron chi connectivity index (χ0n) is 5.67. The smallest absolute Gasteiger partial charge is 0.239 e. The van der Waals surface area contributed by atoms with Crippen molar-refractivity contribution in [2.75, 3.05) is 12.3 Å². The molecule has 1 aromatic rings. The van der Waals surface area contributed by atoms with Gasteiger partial charge in [0.05, 0.1) is 0 Å². The summed E-state index contributed by atoms with van der Waals surface area (Å²) in [5.41, 5.74) is 10.6. The Labute approximate surface area is 58.8 Å². The molecule has 5 nitrogen and oxygen atoms in total. The summed E-state index contributed by atoms with van der Waals surface area (Å²) in [6.07, 6.45) is 1.73. The summed E-state index contributed by atoms with van der Waals surface area (Å²) in [6, 6.07) is 0. The van der Waals surface area contributed by atoms with Gasteiger partial charge in [-0.3, -0.25) is 5.10 Å². The summed E-state index contributed by atoms with van der Waals surface area (Å²) < 4.78 is 0. The second-order valence-electron chi connectivity index (χ2n) is 2.03. The van der Waals surface area contributed by atoms with Crippen LogP contribution in [0.4, 0.5) is 5.95 Å². The number of aryl methyl sites for hydroxylation is 1. The van der Waals surface area contributed by atoms with E-state index in [0.717, 1.165) is 18.7 Å². The van der Waals surface area contributed by atoms with Gasteiger partial charge in [-0.2, -0.15) is 4.98 Å². The Hall–Kier alpha value is -1.10. The fourth-order valence-corrected chi connectivity index (χ4v) is 0.691. The highest BCUT2D eigenvalue weighted by molar-refractivity contribution is 5.12. The van der Waals surface area contributed by atoms with Crippen molar-refractivity contribution in [2.24, 2.45) is 5.73 Å². The molecule has 1 heterocycles. The van der Waals surface area contributed by atoms with Crippen molar-refractivity contribution in [3.63, 3.8) is 0 Å². The molecule has 10 heavy (non-hydrogen) atoms. The average Bonchev–Trinajstić information content (AvgIpc) is 2.31. The fraction of sp³-hybridized carbons (Fsp3) is 0.600. The largest absolute Gasteiger partial charge is 0.367 e. The van der Waals surface area contributed by atoms with Crippen LogP contribution < -0.4 is 11.5 Å². The highest BCUT2D eigenvalue weighted by atomic mass is 15.3. The third kappa shape index (κ3) is 1.70. The van der Waals surface area contributed by atoms with Crippen LogP contribution in [0.25, 0.3) is 0 Å². The molecule has 0 saturated heterocycles. The van der Waals surface area contributed by atoms with Crippen LogP contribution in [0.3, 0.4) is 0 Å². The van der Waals surface area contributed by atoms with E-state index in [4.69, 9.17) is 11.5 Å². The number of nitrogens with two attached hydrogens (primary N) is 2. The lowest BCUT2D eigenvalue weighted by Crippen LogP contribution is -2.01. The number of hydrogen-bond donors (Lipinski definition) is 3. The first-order valence-corrected chi connectivity index (χ1v) is 3.19. The summed E-state index contributed by atoms with van der Waals surface area (Å²) in [7, 11) is 0. The van der Waals surface area contributed by atoms with Gasteiger partial charge in [0.25, 0.3) is 0 Å². The summed E-state index contributed by atoms with van der Waals surface area (Å²) in [5, 5.41) is 6.37. The van der Waals surface area contributed by atoms with E-state index in [9.17, 15) is 0 Å². The molecule has 0 aliphatic carbocycles. The molecule has 0 saturated carbocycles. The lowest BCUT2D eigenvalue weighted by atomic mass is 10.3. The molecule has 0 fully saturated rings. The summed E-state index contributed by atoms with van der Waals surface area (Å²) in [5.74, 6) is 1.11. The minimum atomic E-state index is 0.298. The van der Waals surface area contributed by atoms with Crippen molar-refractivity contribution in [3.8, 4) is 0 Å². The molecule has 0 spiro atoms. The van der Waals surface area contributed by atoms with Crippen LogP contribution in [0.1, 0.15) is 12.2 Å². The van der Waals surface area contributed by atoms with Gasteiger partial charge in [0.1, 0.15) is 5.82 Å². The Morgan fingerprint density at radius 1 is 1.50 bits per heavy atom. The van der Waals surface area contributed by atoms with Crippen molar-refractivity contribution in [1.82, 2.24) is 15.2 Å². The Balaban J connectivity index is 2.42. The predicted molar refractivity (Wildman–Crippen MR) is 38.2 cm³/mol. The molecule has 0 bridgehead atoms. The first-order chi connectivity index (χ1) is 4.83. The van der Waals surface area contributed by atoms with Gasteiger partial charge in [-0.25, -0.2) is 0 Å². The van der Waals surface area contributed by atoms with E-state index in [1.165, 1.54) is 0 Å². The molecule has 0 amide bonds. The topological polar surface area (TPSA) is 93.6 Å². The van der Waals surface area contributed by atoms with Crippen LogP contribution in [-0.4, -0.2) is 21.7 Å². The van der Waals surface area contributed by atoms with Gasteiger partial charge in [-0.15, -0.1) is 5.10 Å². The maximum atomic E-state index is 5.29. The molecular formula is C5H11N5. The normalized spacial score (nSPS) is 10.1. The lowest BCUT2D eigenvalue weighted by molar-refractivity contribution is 0.785. The first kappa shape index (κ1) is 7.01. The standard InChI is InChI=1S/C5H11N5/c6-3-1-2-4-8-5(7)10-9-4/h1-3,6H2,(H3,7,8,9,10). The van der Waals surface area contributed by atoms with Crippen molar-refractivity contribution in [3.05, 3.63) is 5.82 Å². The third-order valence-electron chi connectivity index (χ3n) is 1.17. The second-order valence-corrected chi connectivity index (χ2v) is 2.03. The van der Waals surface area contributed by atoms with Gasteiger partial charge >= 0.3 is 0 Å². The number of hydrogen-bond acceptors (Lipinski definition) is 4.